The van der Waals surface area contributed by atoms with Crippen LogP contribution in [0.1, 0.15) is 13.8 Å². The van der Waals surface area contributed by atoms with E-state index in [1.54, 1.807) is 0 Å². The van der Waals surface area contributed by atoms with E-state index in [4.69, 9.17) is 4.74 Å². The molecule has 0 aromatic heterocycles. The number of carboxylic acid groups (broad SMARTS) is 1. The monoisotopic (exact) mass is 222 g/mol. The van der Waals surface area contributed by atoms with Gasteiger partial charge in [-0.25, -0.2) is 0 Å². The van der Waals surface area contributed by atoms with E-state index in [0.29, 0.717) is 0 Å². The summed E-state index contributed by atoms with van der Waals surface area (Å²) in [6, 6.07) is 0. The molecule has 3 rings (SSSR count). The van der Waals surface area contributed by atoms with E-state index >= 15 is 0 Å². The summed E-state index contributed by atoms with van der Waals surface area (Å²) in [5.41, 5.74) is -0.545. The second-order valence-electron chi connectivity index (χ2n) is 5.48. The van der Waals surface area contributed by atoms with E-state index in [2.05, 4.69) is 0 Å². The highest BCUT2D eigenvalue weighted by Crippen LogP contribution is 2.60. The molecule has 16 heavy (non-hydrogen) atoms. The van der Waals surface area contributed by atoms with E-state index in [-0.39, 0.29) is 23.7 Å². The predicted molar refractivity (Wildman–Crippen MR) is 54.4 cm³/mol. The van der Waals surface area contributed by atoms with Gasteiger partial charge < -0.3 is 9.84 Å². The molecule has 1 saturated carbocycles. The van der Waals surface area contributed by atoms with E-state index in [1.807, 2.05) is 26.0 Å². The fourth-order valence-corrected chi connectivity index (χ4v) is 3.86. The standard InChI is InChI=1S/C12H14O4/c1-12(2)9-5-3-4-6(9)8(11(15)16-12)7(5)10(13)14/h3-9H,1-2H3,(H,13,14)/t5-,6+,7+,8-,9-/m1/s1. The second-order valence-corrected chi connectivity index (χ2v) is 5.48. The van der Waals surface area contributed by atoms with Gasteiger partial charge in [0.25, 0.3) is 0 Å². The van der Waals surface area contributed by atoms with Gasteiger partial charge in [-0.05, 0) is 25.7 Å². The van der Waals surface area contributed by atoms with Gasteiger partial charge in [-0.2, -0.15) is 0 Å². The first-order valence-electron chi connectivity index (χ1n) is 5.57. The van der Waals surface area contributed by atoms with Crippen LogP contribution >= 0.6 is 0 Å². The van der Waals surface area contributed by atoms with Crippen molar-refractivity contribution >= 4 is 11.9 Å². The third-order valence-corrected chi connectivity index (χ3v) is 4.32. The minimum absolute atomic E-state index is 0.0473. The van der Waals surface area contributed by atoms with Crippen LogP contribution in [0.15, 0.2) is 12.2 Å². The molecule has 0 aromatic rings. The average molecular weight is 222 g/mol. The molecule has 4 heteroatoms. The number of aliphatic carboxylic acids is 1. The van der Waals surface area contributed by atoms with Gasteiger partial charge in [0.1, 0.15) is 5.60 Å². The van der Waals surface area contributed by atoms with E-state index in [1.165, 1.54) is 0 Å². The molecule has 0 amide bonds. The largest absolute Gasteiger partial charge is 0.481 e. The molecule has 1 N–H and O–H groups in total. The molecule has 5 atom stereocenters. The molecule has 0 unspecified atom stereocenters. The number of esters is 1. The van der Waals surface area contributed by atoms with Crippen LogP contribution in [-0.2, 0) is 14.3 Å². The number of carboxylic acids is 1. The molecule has 1 saturated heterocycles. The first kappa shape index (κ1) is 9.87. The molecular formula is C12H14O4. The van der Waals surface area contributed by atoms with Gasteiger partial charge in [0, 0.05) is 5.92 Å². The molecule has 2 aliphatic carbocycles. The van der Waals surface area contributed by atoms with Gasteiger partial charge in [0.15, 0.2) is 0 Å². The highest BCUT2D eigenvalue weighted by Gasteiger charge is 2.66. The molecule has 0 spiro atoms. The molecule has 2 fully saturated rings. The summed E-state index contributed by atoms with van der Waals surface area (Å²) in [6.45, 7) is 3.76. The first-order valence-corrected chi connectivity index (χ1v) is 5.57. The van der Waals surface area contributed by atoms with Gasteiger partial charge in [-0.15, -0.1) is 0 Å². The van der Waals surface area contributed by atoms with Gasteiger partial charge in [0.2, 0.25) is 0 Å². The minimum atomic E-state index is -0.874. The van der Waals surface area contributed by atoms with Crippen LogP contribution in [0.5, 0.6) is 0 Å². The van der Waals surface area contributed by atoms with Gasteiger partial charge in [0.05, 0.1) is 11.8 Å². The number of hydrogen-bond acceptors (Lipinski definition) is 3. The minimum Gasteiger partial charge on any atom is -0.481 e. The number of rotatable bonds is 1. The van der Waals surface area contributed by atoms with Gasteiger partial charge >= 0.3 is 11.9 Å². The lowest BCUT2D eigenvalue weighted by atomic mass is 9.78. The molecule has 1 heterocycles. The maximum atomic E-state index is 11.9. The Kier molecular flexibility index (Phi) is 1.65. The van der Waals surface area contributed by atoms with Crippen molar-refractivity contribution in [3.8, 4) is 0 Å². The summed E-state index contributed by atoms with van der Waals surface area (Å²) in [5.74, 6) is -2.13. The lowest BCUT2D eigenvalue weighted by Gasteiger charge is -2.39. The summed E-state index contributed by atoms with van der Waals surface area (Å²) in [5, 5.41) is 9.23. The summed E-state index contributed by atoms with van der Waals surface area (Å²) >= 11 is 0. The third-order valence-electron chi connectivity index (χ3n) is 4.32. The van der Waals surface area contributed by atoms with Crippen molar-refractivity contribution in [2.24, 2.45) is 29.6 Å². The molecule has 4 nitrogen and oxygen atoms in total. The number of ether oxygens (including phenoxy) is 1. The zero-order valence-electron chi connectivity index (χ0n) is 9.21. The molecule has 86 valence electrons. The maximum Gasteiger partial charge on any atom is 0.310 e. The Morgan fingerprint density at radius 1 is 1.38 bits per heavy atom. The molecule has 1 aliphatic heterocycles. The van der Waals surface area contributed by atoms with Gasteiger partial charge in [-0.3, -0.25) is 9.59 Å². The Morgan fingerprint density at radius 2 is 2.00 bits per heavy atom. The average Bonchev–Trinajstić information content (AvgIpc) is 2.67. The highest BCUT2D eigenvalue weighted by atomic mass is 16.6. The van der Waals surface area contributed by atoms with Crippen LogP contribution in [0, 0.1) is 29.6 Å². The van der Waals surface area contributed by atoms with Crippen molar-refractivity contribution in [3.63, 3.8) is 0 Å². The number of hydrogen-bond donors (Lipinski definition) is 1. The Balaban J connectivity index is 2.10. The topological polar surface area (TPSA) is 63.6 Å². The fraction of sp³-hybridized carbons (Fsp3) is 0.667. The summed E-state index contributed by atoms with van der Waals surface area (Å²) < 4.78 is 5.38. The third kappa shape index (κ3) is 0.950. The summed E-state index contributed by atoms with van der Waals surface area (Å²) in [6.07, 6.45) is 3.95. The number of carbonyl (C=O) groups is 2. The molecule has 0 aromatic carbocycles. The SMILES string of the molecule is CC1(C)OC(=O)[C@@H]2[C@@H]3C=C[C@H]([C@@H]2C(=O)O)[C@H]31. The lowest BCUT2D eigenvalue weighted by molar-refractivity contribution is -0.179. The molecule has 0 radical (unpaired) electrons. The number of allylic oxidation sites excluding steroid dienone is 2. The smallest absolute Gasteiger partial charge is 0.310 e. The molecule has 4 bridgehead atoms. The predicted octanol–water partition coefficient (Wildman–Crippen LogP) is 1.07. The van der Waals surface area contributed by atoms with Gasteiger partial charge in [-0.1, -0.05) is 12.2 Å². The lowest BCUT2D eigenvalue weighted by Crippen LogP contribution is -2.46. The highest BCUT2D eigenvalue weighted by molar-refractivity contribution is 5.85. The Morgan fingerprint density at radius 3 is 2.62 bits per heavy atom. The fourth-order valence-electron chi connectivity index (χ4n) is 3.86. The van der Waals surface area contributed by atoms with Crippen LogP contribution < -0.4 is 0 Å². The number of carbonyl (C=O) groups excluding carboxylic acids is 1. The van der Waals surface area contributed by atoms with E-state index < -0.39 is 23.4 Å². The number of cyclic esters (lactones) is 1. The first-order chi connectivity index (χ1) is 7.43. The Hall–Kier alpha value is -1.32. The quantitative estimate of drug-likeness (QED) is 0.532. The van der Waals surface area contributed by atoms with E-state index in [0.717, 1.165) is 0 Å². The van der Waals surface area contributed by atoms with Crippen LogP contribution in [0.4, 0.5) is 0 Å². The van der Waals surface area contributed by atoms with Crippen LogP contribution in [0.25, 0.3) is 0 Å². The van der Waals surface area contributed by atoms with Crippen molar-refractivity contribution in [1.82, 2.24) is 0 Å². The Labute approximate surface area is 93.3 Å². The van der Waals surface area contributed by atoms with Crippen LogP contribution in [0.2, 0.25) is 0 Å². The summed E-state index contributed by atoms with van der Waals surface area (Å²) in [7, 11) is 0. The van der Waals surface area contributed by atoms with Crippen molar-refractivity contribution in [3.05, 3.63) is 12.2 Å². The van der Waals surface area contributed by atoms with Crippen LogP contribution in [0.3, 0.4) is 0 Å². The van der Waals surface area contributed by atoms with Crippen molar-refractivity contribution < 1.29 is 19.4 Å². The zero-order valence-corrected chi connectivity index (χ0v) is 9.21. The van der Waals surface area contributed by atoms with Crippen LogP contribution in [-0.4, -0.2) is 22.6 Å². The van der Waals surface area contributed by atoms with Crippen molar-refractivity contribution in [2.45, 2.75) is 19.4 Å². The van der Waals surface area contributed by atoms with Crippen molar-refractivity contribution in [2.75, 3.05) is 0 Å². The zero-order chi connectivity index (χ0) is 11.7. The van der Waals surface area contributed by atoms with Crippen molar-refractivity contribution in [1.29, 1.82) is 0 Å². The second kappa shape index (κ2) is 2.67. The maximum absolute atomic E-state index is 11.9. The van der Waals surface area contributed by atoms with E-state index in [9.17, 15) is 14.7 Å². The summed E-state index contributed by atoms with van der Waals surface area (Å²) in [4.78, 5) is 23.1. The Bertz CT molecular complexity index is 409. The molecular weight excluding hydrogens is 208 g/mol. The normalized spacial score (nSPS) is 46.9. The molecule has 3 aliphatic rings.